The highest BCUT2D eigenvalue weighted by molar-refractivity contribution is 7.89. The highest BCUT2D eigenvalue weighted by Crippen LogP contribution is 2.19. The van der Waals surface area contributed by atoms with Crippen molar-refractivity contribution in [2.75, 3.05) is 13.1 Å². The minimum atomic E-state index is -3.43. The van der Waals surface area contributed by atoms with Crippen LogP contribution in [0.5, 0.6) is 0 Å². The van der Waals surface area contributed by atoms with E-state index in [0.717, 1.165) is 24.8 Å². The van der Waals surface area contributed by atoms with Gasteiger partial charge in [0.1, 0.15) is 0 Å². The maximum atomic E-state index is 12.0. The van der Waals surface area contributed by atoms with Crippen molar-refractivity contribution < 1.29 is 13.2 Å². The van der Waals surface area contributed by atoms with E-state index >= 15 is 0 Å². The first-order valence-electron chi connectivity index (χ1n) is 9.54. The Morgan fingerprint density at radius 1 is 1.08 bits per heavy atom. The number of carbonyl (C=O) groups is 1. The average Bonchev–Trinajstić information content (AvgIpc) is 2.66. The first-order chi connectivity index (χ1) is 12.5. The number of rotatable bonds is 10. The highest BCUT2D eigenvalue weighted by atomic mass is 32.2. The molecule has 0 fully saturated rings. The normalized spacial score (nSPS) is 14.7. The van der Waals surface area contributed by atoms with Crippen LogP contribution in [0.1, 0.15) is 57.4 Å². The van der Waals surface area contributed by atoms with E-state index in [1.807, 2.05) is 6.92 Å². The Bertz CT molecular complexity index is 709. The Balaban J connectivity index is 1.73. The Kier molecular flexibility index (Phi) is 8.32. The SMILES string of the molecule is CCCNS(=O)(=O)c1ccc(CCC(=O)NCCC2=CCCCC2)cc1. The molecule has 0 saturated heterocycles. The fourth-order valence-corrected chi connectivity index (χ4v) is 4.13. The van der Waals surface area contributed by atoms with Crippen LogP contribution >= 0.6 is 0 Å². The van der Waals surface area contributed by atoms with E-state index in [2.05, 4.69) is 16.1 Å². The summed E-state index contributed by atoms with van der Waals surface area (Å²) in [6.07, 6.45) is 9.91. The molecule has 2 rings (SSSR count). The van der Waals surface area contributed by atoms with E-state index in [1.165, 1.54) is 24.8 Å². The third-order valence-corrected chi connectivity index (χ3v) is 6.05. The van der Waals surface area contributed by atoms with Crippen LogP contribution in [-0.4, -0.2) is 27.4 Å². The summed E-state index contributed by atoms with van der Waals surface area (Å²) in [7, 11) is -3.43. The maximum absolute atomic E-state index is 12.0. The molecule has 0 atom stereocenters. The van der Waals surface area contributed by atoms with Gasteiger partial charge in [-0.05, 0) is 62.6 Å². The van der Waals surface area contributed by atoms with Crippen LogP contribution in [0.25, 0.3) is 0 Å². The van der Waals surface area contributed by atoms with E-state index in [9.17, 15) is 13.2 Å². The molecule has 1 aliphatic carbocycles. The van der Waals surface area contributed by atoms with Crippen molar-refractivity contribution in [2.24, 2.45) is 0 Å². The van der Waals surface area contributed by atoms with Gasteiger partial charge in [0.25, 0.3) is 0 Å². The van der Waals surface area contributed by atoms with Crippen LogP contribution in [0.4, 0.5) is 0 Å². The van der Waals surface area contributed by atoms with Crippen LogP contribution in [-0.2, 0) is 21.2 Å². The number of sulfonamides is 1. The van der Waals surface area contributed by atoms with Crippen molar-refractivity contribution in [1.82, 2.24) is 10.0 Å². The molecule has 144 valence electrons. The largest absolute Gasteiger partial charge is 0.356 e. The summed E-state index contributed by atoms with van der Waals surface area (Å²) in [4.78, 5) is 12.2. The van der Waals surface area contributed by atoms with Crippen LogP contribution in [0.2, 0.25) is 0 Å². The number of nitrogens with one attached hydrogen (secondary N) is 2. The molecular formula is C20H30N2O3S. The summed E-state index contributed by atoms with van der Waals surface area (Å²) in [5.74, 6) is 0.0442. The van der Waals surface area contributed by atoms with E-state index < -0.39 is 10.0 Å². The number of benzene rings is 1. The minimum Gasteiger partial charge on any atom is -0.356 e. The predicted molar refractivity (Wildman–Crippen MR) is 104 cm³/mol. The molecule has 1 aromatic carbocycles. The molecule has 0 aromatic heterocycles. The Labute approximate surface area is 157 Å². The highest BCUT2D eigenvalue weighted by Gasteiger charge is 2.12. The van der Waals surface area contributed by atoms with Gasteiger partial charge in [0.15, 0.2) is 0 Å². The van der Waals surface area contributed by atoms with Crippen LogP contribution in [0.15, 0.2) is 40.8 Å². The van der Waals surface area contributed by atoms with E-state index in [-0.39, 0.29) is 10.8 Å². The van der Waals surface area contributed by atoms with Gasteiger partial charge in [0.2, 0.25) is 15.9 Å². The molecule has 26 heavy (non-hydrogen) atoms. The van der Waals surface area contributed by atoms with Gasteiger partial charge >= 0.3 is 0 Å². The van der Waals surface area contributed by atoms with E-state index in [1.54, 1.807) is 24.3 Å². The quantitative estimate of drug-likeness (QED) is 0.613. The van der Waals surface area contributed by atoms with Gasteiger partial charge in [-0.3, -0.25) is 4.79 Å². The van der Waals surface area contributed by atoms with E-state index in [0.29, 0.717) is 25.9 Å². The lowest BCUT2D eigenvalue weighted by molar-refractivity contribution is -0.121. The van der Waals surface area contributed by atoms with Crippen LogP contribution in [0, 0.1) is 0 Å². The number of allylic oxidation sites excluding steroid dienone is 1. The van der Waals surface area contributed by atoms with Crippen molar-refractivity contribution in [1.29, 1.82) is 0 Å². The monoisotopic (exact) mass is 378 g/mol. The molecule has 0 radical (unpaired) electrons. The second-order valence-electron chi connectivity index (χ2n) is 6.75. The van der Waals surface area contributed by atoms with Crippen molar-refractivity contribution in [3.8, 4) is 0 Å². The van der Waals surface area contributed by atoms with Gasteiger partial charge in [-0.25, -0.2) is 13.1 Å². The number of hydrogen-bond acceptors (Lipinski definition) is 3. The molecule has 0 unspecified atom stereocenters. The second kappa shape index (κ2) is 10.5. The zero-order chi connectivity index (χ0) is 18.8. The van der Waals surface area contributed by atoms with Crippen molar-refractivity contribution in [2.45, 2.75) is 63.2 Å². The Morgan fingerprint density at radius 3 is 2.50 bits per heavy atom. The molecule has 5 nitrogen and oxygen atoms in total. The van der Waals surface area contributed by atoms with E-state index in [4.69, 9.17) is 0 Å². The molecule has 2 N–H and O–H groups in total. The first-order valence-corrected chi connectivity index (χ1v) is 11.0. The molecule has 1 aromatic rings. The summed E-state index contributed by atoms with van der Waals surface area (Å²) in [6.45, 7) is 3.05. The minimum absolute atomic E-state index is 0.0442. The third kappa shape index (κ3) is 6.92. The predicted octanol–water partition coefficient (Wildman–Crippen LogP) is 3.31. The number of carbonyl (C=O) groups excluding carboxylic acids is 1. The lowest BCUT2D eigenvalue weighted by atomic mass is 9.97. The lowest BCUT2D eigenvalue weighted by Crippen LogP contribution is -2.25. The van der Waals surface area contributed by atoms with Crippen molar-refractivity contribution >= 4 is 15.9 Å². The van der Waals surface area contributed by atoms with Gasteiger partial charge in [0.05, 0.1) is 4.90 Å². The first kappa shape index (κ1) is 20.6. The molecule has 0 bridgehead atoms. The van der Waals surface area contributed by atoms with Gasteiger partial charge in [-0.2, -0.15) is 0 Å². The lowest BCUT2D eigenvalue weighted by Gasteiger charge is -2.13. The Morgan fingerprint density at radius 2 is 1.85 bits per heavy atom. The molecule has 1 aliphatic rings. The van der Waals surface area contributed by atoms with Gasteiger partial charge in [-0.1, -0.05) is 30.7 Å². The van der Waals surface area contributed by atoms with Gasteiger partial charge < -0.3 is 5.32 Å². The standard InChI is InChI=1S/C20H30N2O3S/c1-2-15-22-26(24,25)19-11-8-18(9-12-19)10-13-20(23)21-16-14-17-6-4-3-5-7-17/h6,8-9,11-12,22H,2-5,7,10,13-16H2,1H3,(H,21,23). The number of hydrogen-bond donors (Lipinski definition) is 2. The van der Waals surface area contributed by atoms with Crippen molar-refractivity contribution in [3.63, 3.8) is 0 Å². The molecule has 1 amide bonds. The molecular weight excluding hydrogens is 348 g/mol. The zero-order valence-electron chi connectivity index (χ0n) is 15.6. The Hall–Kier alpha value is -1.66. The van der Waals surface area contributed by atoms with Gasteiger partial charge in [-0.15, -0.1) is 0 Å². The summed E-state index contributed by atoms with van der Waals surface area (Å²) in [5, 5.41) is 2.97. The van der Waals surface area contributed by atoms with Crippen LogP contribution < -0.4 is 10.0 Å². The summed E-state index contributed by atoms with van der Waals surface area (Å²) in [5.41, 5.74) is 2.43. The maximum Gasteiger partial charge on any atom is 0.240 e. The molecule has 0 saturated carbocycles. The average molecular weight is 379 g/mol. The number of aryl methyl sites for hydroxylation is 1. The third-order valence-electron chi connectivity index (χ3n) is 4.57. The van der Waals surface area contributed by atoms with Crippen LogP contribution in [0.3, 0.4) is 0 Å². The van der Waals surface area contributed by atoms with Crippen molar-refractivity contribution in [3.05, 3.63) is 41.5 Å². The number of amides is 1. The smallest absolute Gasteiger partial charge is 0.240 e. The fraction of sp³-hybridized carbons (Fsp3) is 0.550. The molecule has 0 heterocycles. The summed E-state index contributed by atoms with van der Waals surface area (Å²) in [6, 6.07) is 6.75. The molecule has 6 heteroatoms. The summed E-state index contributed by atoms with van der Waals surface area (Å²) >= 11 is 0. The molecule has 0 spiro atoms. The zero-order valence-corrected chi connectivity index (χ0v) is 16.4. The van der Waals surface area contributed by atoms with Gasteiger partial charge in [0, 0.05) is 19.5 Å². The molecule has 0 aliphatic heterocycles. The fourth-order valence-electron chi connectivity index (χ4n) is 3.00. The topological polar surface area (TPSA) is 75.3 Å². The summed E-state index contributed by atoms with van der Waals surface area (Å²) < 4.78 is 26.6. The second-order valence-corrected chi connectivity index (χ2v) is 8.52.